The van der Waals surface area contributed by atoms with Crippen molar-refractivity contribution in [3.63, 3.8) is 0 Å². The van der Waals surface area contributed by atoms with E-state index in [1.54, 1.807) is 16.2 Å². The van der Waals surface area contributed by atoms with Crippen LogP contribution < -0.4 is 0 Å². The third-order valence-corrected chi connectivity index (χ3v) is 4.66. The van der Waals surface area contributed by atoms with E-state index in [4.69, 9.17) is 0 Å². The minimum absolute atomic E-state index is 0.00907. The Kier molecular flexibility index (Phi) is 3.90. The average molecular weight is 326 g/mol. The highest BCUT2D eigenvalue weighted by Gasteiger charge is 2.34. The maximum Gasteiger partial charge on any atom is 0.433 e. The number of hydrogen-bond donors (Lipinski definition) is 0. The van der Waals surface area contributed by atoms with Gasteiger partial charge in [-0.05, 0) is 36.4 Å². The number of alkyl halides is 3. The van der Waals surface area contributed by atoms with Crippen molar-refractivity contribution < 1.29 is 18.0 Å². The number of carbonyl (C=O) groups is 1. The molecule has 0 saturated carbocycles. The van der Waals surface area contributed by atoms with Gasteiger partial charge in [0.2, 0.25) is 0 Å². The molecule has 0 spiro atoms. The molecule has 3 heterocycles. The highest BCUT2D eigenvalue weighted by molar-refractivity contribution is 7.10. The largest absolute Gasteiger partial charge is 0.433 e. The summed E-state index contributed by atoms with van der Waals surface area (Å²) < 4.78 is 37.5. The zero-order chi connectivity index (χ0) is 15.7. The molecule has 116 valence electrons. The number of nitrogens with zero attached hydrogens (tertiary/aromatic N) is 2. The molecule has 7 heteroatoms. The first-order chi connectivity index (χ1) is 10.5. The summed E-state index contributed by atoms with van der Waals surface area (Å²) in [7, 11) is 0. The topological polar surface area (TPSA) is 33.2 Å². The highest BCUT2D eigenvalue weighted by atomic mass is 32.1. The molecule has 0 N–H and O–H groups in total. The molecule has 0 aliphatic carbocycles. The van der Waals surface area contributed by atoms with Gasteiger partial charge in [-0.25, -0.2) is 0 Å². The van der Waals surface area contributed by atoms with E-state index >= 15 is 0 Å². The van der Waals surface area contributed by atoms with E-state index in [0.717, 1.165) is 30.0 Å². The summed E-state index contributed by atoms with van der Waals surface area (Å²) in [5, 5.41) is 1.95. The normalized spacial score (nSPS) is 18.7. The summed E-state index contributed by atoms with van der Waals surface area (Å²) in [6.07, 6.45) is -1.72. The van der Waals surface area contributed by atoms with Crippen LogP contribution in [0.15, 0.2) is 35.8 Å². The predicted octanol–water partition coefficient (Wildman–Crippen LogP) is 4.14. The quantitative estimate of drug-likeness (QED) is 0.831. The Morgan fingerprint density at radius 1 is 1.32 bits per heavy atom. The lowest BCUT2D eigenvalue weighted by atomic mass is 10.1. The number of halogens is 3. The first-order valence-corrected chi connectivity index (χ1v) is 7.72. The van der Waals surface area contributed by atoms with Crippen LogP contribution in [0.1, 0.15) is 39.8 Å². The Morgan fingerprint density at radius 2 is 2.14 bits per heavy atom. The minimum Gasteiger partial charge on any atom is -0.331 e. The molecular weight excluding hydrogens is 313 g/mol. The van der Waals surface area contributed by atoms with Gasteiger partial charge in [0.05, 0.1) is 11.6 Å². The third-order valence-electron chi connectivity index (χ3n) is 3.69. The lowest BCUT2D eigenvalue weighted by Crippen LogP contribution is -2.30. The molecule has 1 atom stereocenters. The van der Waals surface area contributed by atoms with Gasteiger partial charge in [0.1, 0.15) is 5.69 Å². The Labute approximate surface area is 129 Å². The van der Waals surface area contributed by atoms with Crippen LogP contribution >= 0.6 is 11.3 Å². The van der Waals surface area contributed by atoms with Crippen LogP contribution in [0.2, 0.25) is 0 Å². The fraction of sp³-hybridized carbons (Fsp3) is 0.333. The maximum absolute atomic E-state index is 12.5. The number of thiophene rings is 1. The Bertz CT molecular complexity index is 652. The van der Waals surface area contributed by atoms with E-state index in [1.165, 1.54) is 6.07 Å². The Morgan fingerprint density at radius 3 is 2.73 bits per heavy atom. The summed E-state index contributed by atoms with van der Waals surface area (Å²) in [5.74, 6) is -0.267. The number of carbonyl (C=O) groups excluding carboxylic acids is 1. The van der Waals surface area contributed by atoms with Gasteiger partial charge in [0.25, 0.3) is 5.91 Å². The molecule has 1 amide bonds. The van der Waals surface area contributed by atoms with Crippen molar-refractivity contribution in [2.45, 2.75) is 25.1 Å². The van der Waals surface area contributed by atoms with Gasteiger partial charge < -0.3 is 4.90 Å². The van der Waals surface area contributed by atoms with Gasteiger partial charge in [-0.2, -0.15) is 13.2 Å². The van der Waals surface area contributed by atoms with Crippen LogP contribution in [0, 0.1) is 0 Å². The molecule has 1 saturated heterocycles. The van der Waals surface area contributed by atoms with Gasteiger partial charge in [0, 0.05) is 17.6 Å². The summed E-state index contributed by atoms with van der Waals surface area (Å²) in [5.41, 5.74) is -0.795. The molecule has 3 nitrogen and oxygen atoms in total. The SMILES string of the molecule is O=C(c1ccc(C(F)(F)F)nc1)N1CCCC1c1cccs1. The summed E-state index contributed by atoms with van der Waals surface area (Å²) in [6, 6.07) is 5.97. The monoisotopic (exact) mass is 326 g/mol. The second kappa shape index (κ2) is 5.72. The second-order valence-corrected chi connectivity index (χ2v) is 6.08. The molecule has 0 aromatic carbocycles. The van der Waals surface area contributed by atoms with Crippen LogP contribution in [-0.2, 0) is 6.18 Å². The van der Waals surface area contributed by atoms with Crippen molar-refractivity contribution in [3.8, 4) is 0 Å². The van der Waals surface area contributed by atoms with Crippen LogP contribution in [0.3, 0.4) is 0 Å². The molecule has 1 aliphatic heterocycles. The van der Waals surface area contributed by atoms with Crippen molar-refractivity contribution in [1.29, 1.82) is 0 Å². The number of amides is 1. The molecule has 1 fully saturated rings. The lowest BCUT2D eigenvalue weighted by Gasteiger charge is -2.24. The van der Waals surface area contributed by atoms with E-state index in [2.05, 4.69) is 4.98 Å². The summed E-state index contributed by atoms with van der Waals surface area (Å²) in [4.78, 5) is 18.7. The van der Waals surface area contributed by atoms with E-state index in [0.29, 0.717) is 6.54 Å². The van der Waals surface area contributed by atoms with Gasteiger partial charge in [-0.3, -0.25) is 9.78 Å². The lowest BCUT2D eigenvalue weighted by molar-refractivity contribution is -0.141. The molecule has 2 aromatic rings. The van der Waals surface area contributed by atoms with Crippen molar-refractivity contribution in [3.05, 3.63) is 52.0 Å². The van der Waals surface area contributed by atoms with Crippen molar-refractivity contribution >= 4 is 17.2 Å². The Balaban J connectivity index is 1.81. The highest BCUT2D eigenvalue weighted by Crippen LogP contribution is 2.35. The average Bonchev–Trinajstić information content (AvgIpc) is 3.16. The molecule has 1 aliphatic rings. The molecular formula is C15H13F3N2OS. The smallest absolute Gasteiger partial charge is 0.331 e. The van der Waals surface area contributed by atoms with Gasteiger partial charge in [-0.15, -0.1) is 11.3 Å². The predicted molar refractivity (Wildman–Crippen MR) is 76.6 cm³/mol. The molecule has 0 bridgehead atoms. The van der Waals surface area contributed by atoms with Crippen molar-refractivity contribution in [2.75, 3.05) is 6.54 Å². The van der Waals surface area contributed by atoms with E-state index in [1.807, 2.05) is 17.5 Å². The van der Waals surface area contributed by atoms with Crippen molar-refractivity contribution in [2.24, 2.45) is 0 Å². The summed E-state index contributed by atoms with van der Waals surface area (Å²) in [6.45, 7) is 0.614. The number of aromatic nitrogens is 1. The standard InChI is InChI=1S/C15H13F3N2OS/c16-15(17,18)13-6-5-10(9-19-13)14(21)20-7-1-3-11(20)12-4-2-8-22-12/h2,4-6,8-9,11H,1,3,7H2. The van der Waals surface area contributed by atoms with E-state index in [-0.39, 0.29) is 17.5 Å². The number of hydrogen-bond acceptors (Lipinski definition) is 3. The van der Waals surface area contributed by atoms with Crippen LogP contribution in [0.25, 0.3) is 0 Å². The van der Waals surface area contributed by atoms with Gasteiger partial charge in [0.15, 0.2) is 0 Å². The number of rotatable bonds is 2. The van der Waals surface area contributed by atoms with Gasteiger partial charge in [-0.1, -0.05) is 6.07 Å². The van der Waals surface area contributed by atoms with Gasteiger partial charge >= 0.3 is 6.18 Å². The zero-order valence-corrected chi connectivity index (χ0v) is 12.3. The van der Waals surface area contributed by atoms with Crippen molar-refractivity contribution in [1.82, 2.24) is 9.88 Å². The summed E-state index contributed by atoms with van der Waals surface area (Å²) >= 11 is 1.58. The molecule has 3 rings (SSSR count). The van der Waals surface area contributed by atoms with E-state index < -0.39 is 11.9 Å². The van der Waals surface area contributed by atoms with E-state index in [9.17, 15) is 18.0 Å². The minimum atomic E-state index is -4.49. The molecule has 2 aromatic heterocycles. The van der Waals surface area contributed by atoms with Crippen LogP contribution in [0.4, 0.5) is 13.2 Å². The molecule has 0 radical (unpaired) electrons. The fourth-order valence-corrected chi connectivity index (χ4v) is 3.51. The molecule has 1 unspecified atom stereocenters. The maximum atomic E-state index is 12.5. The first kappa shape index (κ1) is 15.0. The fourth-order valence-electron chi connectivity index (χ4n) is 2.64. The third kappa shape index (κ3) is 2.85. The molecule has 22 heavy (non-hydrogen) atoms. The van der Waals surface area contributed by atoms with Crippen LogP contribution in [-0.4, -0.2) is 22.3 Å². The number of pyridine rings is 1. The second-order valence-electron chi connectivity index (χ2n) is 5.10. The number of likely N-dealkylation sites (tertiary alicyclic amines) is 1. The first-order valence-electron chi connectivity index (χ1n) is 6.84. The zero-order valence-electron chi connectivity index (χ0n) is 11.5. The Hall–Kier alpha value is -1.89. The van der Waals surface area contributed by atoms with Crippen LogP contribution in [0.5, 0.6) is 0 Å².